The normalized spacial score (nSPS) is 12.4. The zero-order valence-electron chi connectivity index (χ0n) is 12.8. The minimum atomic E-state index is 0.113. The van der Waals surface area contributed by atoms with Crippen LogP contribution in [0.3, 0.4) is 0 Å². The van der Waals surface area contributed by atoms with E-state index < -0.39 is 0 Å². The average Bonchev–Trinajstić information content (AvgIpc) is 2.49. The summed E-state index contributed by atoms with van der Waals surface area (Å²) in [6, 6.07) is 4.40. The highest BCUT2D eigenvalue weighted by atomic mass is 16.5. The molecule has 5 heteroatoms. The zero-order valence-corrected chi connectivity index (χ0v) is 12.8. The Hall–Kier alpha value is -1.17. The zero-order chi connectivity index (χ0) is 14.8. The Balaban J connectivity index is 2.66. The van der Waals surface area contributed by atoms with E-state index >= 15 is 0 Å². The first-order chi connectivity index (χ1) is 9.72. The van der Waals surface area contributed by atoms with Gasteiger partial charge in [-0.1, -0.05) is 13.0 Å². The number of anilines is 1. The third-order valence-electron chi connectivity index (χ3n) is 3.23. The molecule has 0 amide bonds. The second kappa shape index (κ2) is 9.69. The first kappa shape index (κ1) is 16.9. The molecule has 0 aliphatic heterocycles. The Morgan fingerprint density at radius 3 is 2.75 bits per heavy atom. The summed E-state index contributed by atoms with van der Waals surface area (Å²) in [6.07, 6.45) is 3.02. The summed E-state index contributed by atoms with van der Waals surface area (Å²) in [6.45, 7) is 7.34. The SMILES string of the molecule is CCCNC(C)c1ccc(N(CCO)CCOC)nc1. The Kier molecular flexibility index (Phi) is 8.18. The van der Waals surface area contributed by atoms with Crippen LogP contribution in [-0.2, 0) is 4.74 Å². The summed E-state index contributed by atoms with van der Waals surface area (Å²) in [5.74, 6) is 0.877. The lowest BCUT2D eigenvalue weighted by atomic mass is 10.1. The van der Waals surface area contributed by atoms with Crippen LogP contribution in [-0.4, -0.2) is 50.0 Å². The van der Waals surface area contributed by atoms with E-state index in [0.717, 1.165) is 25.3 Å². The summed E-state index contributed by atoms with van der Waals surface area (Å²) in [5.41, 5.74) is 1.18. The van der Waals surface area contributed by atoms with Crippen molar-refractivity contribution in [1.29, 1.82) is 0 Å². The smallest absolute Gasteiger partial charge is 0.128 e. The van der Waals surface area contributed by atoms with Gasteiger partial charge in [-0.2, -0.15) is 0 Å². The lowest BCUT2D eigenvalue weighted by molar-refractivity contribution is 0.202. The van der Waals surface area contributed by atoms with E-state index in [1.54, 1.807) is 7.11 Å². The lowest BCUT2D eigenvalue weighted by Crippen LogP contribution is -2.31. The average molecular weight is 281 g/mol. The maximum absolute atomic E-state index is 9.12. The number of hydrogen-bond donors (Lipinski definition) is 2. The molecule has 0 spiro atoms. The van der Waals surface area contributed by atoms with Crippen LogP contribution in [0.2, 0.25) is 0 Å². The topological polar surface area (TPSA) is 57.6 Å². The standard InChI is InChI=1S/C15H27N3O2/c1-4-7-16-13(2)14-5-6-15(17-12-14)18(8-10-19)9-11-20-3/h5-6,12-13,16,19H,4,7-11H2,1-3H3. The molecule has 1 atom stereocenters. The third kappa shape index (κ3) is 5.45. The Labute approximate surface area is 122 Å². The molecule has 1 unspecified atom stereocenters. The van der Waals surface area contributed by atoms with Gasteiger partial charge in [-0.15, -0.1) is 0 Å². The molecule has 1 rings (SSSR count). The van der Waals surface area contributed by atoms with Crippen molar-refractivity contribution >= 4 is 5.82 Å². The van der Waals surface area contributed by atoms with Gasteiger partial charge in [0, 0.05) is 32.4 Å². The first-order valence-corrected chi connectivity index (χ1v) is 7.27. The van der Waals surface area contributed by atoms with Crippen LogP contribution in [0.5, 0.6) is 0 Å². The summed E-state index contributed by atoms with van der Waals surface area (Å²) in [4.78, 5) is 6.52. The van der Waals surface area contributed by atoms with E-state index in [9.17, 15) is 0 Å². The molecule has 2 N–H and O–H groups in total. The molecule has 114 valence electrons. The lowest BCUT2D eigenvalue weighted by Gasteiger charge is -2.23. The third-order valence-corrected chi connectivity index (χ3v) is 3.23. The van der Waals surface area contributed by atoms with E-state index in [2.05, 4.69) is 30.2 Å². The van der Waals surface area contributed by atoms with Crippen molar-refractivity contribution < 1.29 is 9.84 Å². The highest BCUT2D eigenvalue weighted by Gasteiger charge is 2.09. The van der Waals surface area contributed by atoms with Crippen LogP contribution in [0.25, 0.3) is 0 Å². The van der Waals surface area contributed by atoms with Gasteiger partial charge >= 0.3 is 0 Å². The van der Waals surface area contributed by atoms with Crippen molar-refractivity contribution in [3.63, 3.8) is 0 Å². The molecule has 20 heavy (non-hydrogen) atoms. The molecule has 0 aliphatic rings. The fourth-order valence-corrected chi connectivity index (χ4v) is 1.98. The van der Waals surface area contributed by atoms with E-state index in [0.29, 0.717) is 19.2 Å². The van der Waals surface area contributed by atoms with Crippen molar-refractivity contribution in [2.24, 2.45) is 0 Å². The Morgan fingerprint density at radius 1 is 1.40 bits per heavy atom. The predicted molar refractivity (Wildman–Crippen MR) is 82.1 cm³/mol. The number of hydrogen-bond acceptors (Lipinski definition) is 5. The molecule has 0 fully saturated rings. The Morgan fingerprint density at radius 2 is 2.20 bits per heavy atom. The summed E-state index contributed by atoms with van der Waals surface area (Å²) in [7, 11) is 1.68. The number of aromatic nitrogens is 1. The molecule has 0 saturated carbocycles. The maximum atomic E-state index is 9.12. The summed E-state index contributed by atoms with van der Waals surface area (Å²) >= 11 is 0. The monoisotopic (exact) mass is 281 g/mol. The van der Waals surface area contributed by atoms with Crippen molar-refractivity contribution in [3.05, 3.63) is 23.9 Å². The molecular formula is C15H27N3O2. The minimum Gasteiger partial charge on any atom is -0.395 e. The van der Waals surface area contributed by atoms with Gasteiger partial charge in [0.2, 0.25) is 0 Å². The molecule has 5 nitrogen and oxygen atoms in total. The van der Waals surface area contributed by atoms with Crippen LogP contribution in [0, 0.1) is 0 Å². The molecule has 0 radical (unpaired) electrons. The van der Waals surface area contributed by atoms with Crippen molar-refractivity contribution in [2.45, 2.75) is 26.3 Å². The highest BCUT2D eigenvalue weighted by Crippen LogP contribution is 2.16. The highest BCUT2D eigenvalue weighted by molar-refractivity contribution is 5.39. The number of methoxy groups -OCH3 is 1. The van der Waals surface area contributed by atoms with Gasteiger partial charge in [-0.05, 0) is 31.5 Å². The van der Waals surface area contributed by atoms with Gasteiger partial charge in [0.25, 0.3) is 0 Å². The largest absolute Gasteiger partial charge is 0.395 e. The predicted octanol–water partition coefficient (Wildman–Crippen LogP) is 1.59. The van der Waals surface area contributed by atoms with E-state index in [1.807, 2.05) is 17.2 Å². The Bertz CT molecular complexity index is 357. The number of rotatable bonds is 10. The second-order valence-corrected chi connectivity index (χ2v) is 4.83. The van der Waals surface area contributed by atoms with Gasteiger partial charge in [0.15, 0.2) is 0 Å². The number of nitrogens with one attached hydrogen (secondary N) is 1. The van der Waals surface area contributed by atoms with Gasteiger partial charge in [-0.3, -0.25) is 0 Å². The maximum Gasteiger partial charge on any atom is 0.128 e. The fourth-order valence-electron chi connectivity index (χ4n) is 1.98. The van der Waals surface area contributed by atoms with Crippen LogP contribution in [0.1, 0.15) is 31.9 Å². The molecule has 0 aliphatic carbocycles. The molecule has 1 aromatic heterocycles. The number of aliphatic hydroxyl groups is 1. The van der Waals surface area contributed by atoms with Crippen LogP contribution >= 0.6 is 0 Å². The van der Waals surface area contributed by atoms with E-state index in [4.69, 9.17) is 9.84 Å². The molecule has 0 aromatic carbocycles. The molecule has 0 saturated heterocycles. The minimum absolute atomic E-state index is 0.113. The van der Waals surface area contributed by atoms with Crippen LogP contribution in [0.4, 0.5) is 5.82 Å². The molecular weight excluding hydrogens is 254 g/mol. The second-order valence-electron chi connectivity index (χ2n) is 4.83. The van der Waals surface area contributed by atoms with Gasteiger partial charge in [-0.25, -0.2) is 4.98 Å². The molecule has 1 aromatic rings. The fraction of sp³-hybridized carbons (Fsp3) is 0.667. The number of ether oxygens (including phenoxy) is 1. The van der Waals surface area contributed by atoms with Crippen molar-refractivity contribution in [1.82, 2.24) is 10.3 Å². The van der Waals surface area contributed by atoms with Crippen molar-refractivity contribution in [2.75, 3.05) is 44.9 Å². The van der Waals surface area contributed by atoms with Crippen LogP contribution in [0.15, 0.2) is 18.3 Å². The van der Waals surface area contributed by atoms with Gasteiger partial charge < -0.3 is 20.1 Å². The van der Waals surface area contributed by atoms with Crippen molar-refractivity contribution in [3.8, 4) is 0 Å². The number of nitrogens with zero attached hydrogens (tertiary/aromatic N) is 2. The molecule has 0 bridgehead atoms. The van der Waals surface area contributed by atoms with Gasteiger partial charge in [0.05, 0.1) is 13.2 Å². The van der Waals surface area contributed by atoms with E-state index in [-0.39, 0.29) is 6.61 Å². The quantitative estimate of drug-likeness (QED) is 0.682. The summed E-state index contributed by atoms with van der Waals surface area (Å²) in [5, 5.41) is 12.6. The number of aliphatic hydroxyl groups excluding tert-OH is 1. The molecule has 1 heterocycles. The van der Waals surface area contributed by atoms with Crippen LogP contribution < -0.4 is 10.2 Å². The first-order valence-electron chi connectivity index (χ1n) is 7.27. The number of pyridine rings is 1. The van der Waals surface area contributed by atoms with E-state index in [1.165, 1.54) is 5.56 Å². The summed E-state index contributed by atoms with van der Waals surface area (Å²) < 4.78 is 5.09. The van der Waals surface area contributed by atoms with Gasteiger partial charge in [0.1, 0.15) is 5.82 Å².